The van der Waals surface area contributed by atoms with Gasteiger partial charge in [0.2, 0.25) is 17.7 Å². The van der Waals surface area contributed by atoms with Crippen molar-refractivity contribution in [2.45, 2.75) is 24.5 Å². The first-order chi connectivity index (χ1) is 9.10. The van der Waals surface area contributed by atoms with Crippen molar-refractivity contribution < 1.29 is 14.4 Å². The number of nitrogens with zero attached hydrogens (tertiary/aromatic N) is 1. The Morgan fingerprint density at radius 2 is 2.16 bits per heavy atom. The quantitative estimate of drug-likeness (QED) is 0.529. The molecule has 1 fully saturated rings. The fourth-order valence-electron chi connectivity index (χ4n) is 1.82. The van der Waals surface area contributed by atoms with Crippen LogP contribution in [0.25, 0.3) is 0 Å². The van der Waals surface area contributed by atoms with Gasteiger partial charge in [-0.3, -0.25) is 19.3 Å². The number of thioether (sulfide) groups is 2. The Morgan fingerprint density at radius 1 is 1.42 bits per heavy atom. The summed E-state index contributed by atoms with van der Waals surface area (Å²) >= 11 is 3.05. The normalized spacial score (nSPS) is 19.1. The molecule has 108 valence electrons. The Kier molecular flexibility index (Phi) is 7.30. The number of rotatable bonds is 8. The van der Waals surface area contributed by atoms with Crippen LogP contribution >= 0.6 is 23.5 Å². The summed E-state index contributed by atoms with van der Waals surface area (Å²) in [6.07, 6.45) is 5.23. The van der Waals surface area contributed by atoms with Crippen LogP contribution in [0.15, 0.2) is 0 Å². The monoisotopic (exact) mass is 304 g/mol. The minimum atomic E-state index is -0.219. The molecule has 0 aromatic carbocycles. The molecule has 0 saturated carbocycles. The molecule has 1 unspecified atom stereocenters. The number of amides is 3. The summed E-state index contributed by atoms with van der Waals surface area (Å²) in [5.41, 5.74) is 0. The van der Waals surface area contributed by atoms with Crippen molar-refractivity contribution in [3.63, 3.8) is 0 Å². The summed E-state index contributed by atoms with van der Waals surface area (Å²) < 4.78 is 0. The van der Waals surface area contributed by atoms with Crippen LogP contribution in [0.2, 0.25) is 0 Å². The molecule has 7 heteroatoms. The second-order valence-corrected chi connectivity index (χ2v) is 6.28. The molecule has 3 amide bonds. The Morgan fingerprint density at radius 3 is 2.74 bits per heavy atom. The molecular formula is C12H20N2O3S2. The lowest BCUT2D eigenvalue weighted by atomic mass is 10.3. The van der Waals surface area contributed by atoms with Crippen LogP contribution in [0.3, 0.4) is 0 Å². The van der Waals surface area contributed by atoms with E-state index in [2.05, 4.69) is 5.32 Å². The summed E-state index contributed by atoms with van der Waals surface area (Å²) in [5.74, 6) is 0.643. The lowest BCUT2D eigenvalue weighted by molar-refractivity contribution is -0.138. The van der Waals surface area contributed by atoms with Crippen molar-refractivity contribution in [2.24, 2.45) is 0 Å². The number of imide groups is 1. The maximum atomic E-state index is 11.8. The van der Waals surface area contributed by atoms with Crippen molar-refractivity contribution in [1.29, 1.82) is 0 Å². The molecule has 0 aliphatic carbocycles. The van der Waals surface area contributed by atoms with Gasteiger partial charge in [0.1, 0.15) is 0 Å². The smallest absolute Gasteiger partial charge is 0.242 e. The molecule has 0 aromatic heterocycles. The lowest BCUT2D eigenvalue weighted by Crippen LogP contribution is -2.34. The van der Waals surface area contributed by atoms with Gasteiger partial charge >= 0.3 is 0 Å². The minimum Gasteiger partial charge on any atom is -0.356 e. The van der Waals surface area contributed by atoms with Crippen molar-refractivity contribution in [2.75, 3.05) is 31.4 Å². The lowest BCUT2D eigenvalue weighted by Gasteiger charge is -2.14. The van der Waals surface area contributed by atoms with Crippen LogP contribution in [0.4, 0.5) is 0 Å². The number of carbonyl (C=O) groups excluding carboxylic acids is 3. The highest BCUT2D eigenvalue weighted by Crippen LogP contribution is 2.22. The van der Waals surface area contributed by atoms with Crippen molar-refractivity contribution in [3.8, 4) is 0 Å². The molecule has 5 nitrogen and oxygen atoms in total. The SMILES string of the molecule is CSCCC(=O)NCCCN1C(=O)CC(SC)C1=O. The predicted octanol–water partition coefficient (Wildman–Crippen LogP) is 0.736. The summed E-state index contributed by atoms with van der Waals surface area (Å²) in [5, 5.41) is 2.57. The second-order valence-electron chi connectivity index (χ2n) is 4.26. The van der Waals surface area contributed by atoms with E-state index in [1.54, 1.807) is 11.8 Å². The van der Waals surface area contributed by atoms with Crippen LogP contribution in [0, 0.1) is 0 Å². The van der Waals surface area contributed by atoms with Gasteiger partial charge in [-0.2, -0.15) is 23.5 Å². The molecular weight excluding hydrogens is 284 g/mol. The number of hydrogen-bond donors (Lipinski definition) is 1. The number of likely N-dealkylation sites (tertiary alicyclic amines) is 1. The Balaban J connectivity index is 2.21. The highest BCUT2D eigenvalue weighted by molar-refractivity contribution is 8.00. The summed E-state index contributed by atoms with van der Waals surface area (Å²) in [6, 6.07) is 0. The third-order valence-corrected chi connectivity index (χ3v) is 4.45. The zero-order chi connectivity index (χ0) is 14.3. The number of hydrogen-bond acceptors (Lipinski definition) is 5. The number of nitrogens with one attached hydrogen (secondary N) is 1. The molecule has 19 heavy (non-hydrogen) atoms. The maximum Gasteiger partial charge on any atom is 0.242 e. The Bertz CT molecular complexity index is 350. The van der Waals surface area contributed by atoms with E-state index in [9.17, 15) is 14.4 Å². The van der Waals surface area contributed by atoms with Gasteiger partial charge in [-0.25, -0.2) is 0 Å². The van der Waals surface area contributed by atoms with E-state index >= 15 is 0 Å². The van der Waals surface area contributed by atoms with Gasteiger partial charge < -0.3 is 5.32 Å². The van der Waals surface area contributed by atoms with Gasteiger partial charge in [0.15, 0.2) is 0 Å². The van der Waals surface area contributed by atoms with E-state index in [1.165, 1.54) is 16.7 Å². The van der Waals surface area contributed by atoms with E-state index < -0.39 is 0 Å². The summed E-state index contributed by atoms with van der Waals surface area (Å²) in [7, 11) is 0. The van der Waals surface area contributed by atoms with Crippen LogP contribution in [0.1, 0.15) is 19.3 Å². The largest absolute Gasteiger partial charge is 0.356 e. The number of carbonyl (C=O) groups is 3. The zero-order valence-corrected chi connectivity index (χ0v) is 12.9. The molecule has 1 atom stereocenters. The van der Waals surface area contributed by atoms with Gasteiger partial charge in [-0.15, -0.1) is 0 Å². The predicted molar refractivity (Wildman–Crippen MR) is 79.3 cm³/mol. The highest BCUT2D eigenvalue weighted by Gasteiger charge is 2.37. The van der Waals surface area contributed by atoms with Crippen LogP contribution in [-0.2, 0) is 14.4 Å². The average molecular weight is 304 g/mol. The van der Waals surface area contributed by atoms with Crippen LogP contribution in [-0.4, -0.2) is 59.2 Å². The third kappa shape index (κ3) is 5.06. The fraction of sp³-hybridized carbons (Fsp3) is 0.750. The zero-order valence-electron chi connectivity index (χ0n) is 11.3. The standard InChI is InChI=1S/C12H20N2O3S2/c1-18-7-4-10(15)13-5-3-6-14-11(16)8-9(19-2)12(14)17/h9H,3-8H2,1-2H3,(H,13,15). The van der Waals surface area contributed by atoms with Gasteiger partial charge in [0.05, 0.1) is 5.25 Å². The molecule has 0 bridgehead atoms. The molecule has 0 aromatic rings. The first-order valence-corrected chi connectivity index (χ1v) is 8.91. The Hall–Kier alpha value is -0.690. The van der Waals surface area contributed by atoms with Crippen molar-refractivity contribution in [3.05, 3.63) is 0 Å². The highest BCUT2D eigenvalue weighted by atomic mass is 32.2. The molecule has 0 spiro atoms. The van der Waals surface area contributed by atoms with E-state index in [0.717, 1.165) is 5.75 Å². The molecule has 1 aliphatic rings. The van der Waals surface area contributed by atoms with Gasteiger partial charge in [-0.05, 0) is 18.9 Å². The molecule has 1 rings (SSSR count). The van der Waals surface area contributed by atoms with Crippen molar-refractivity contribution >= 4 is 41.2 Å². The average Bonchev–Trinajstić information content (AvgIpc) is 2.67. The first kappa shape index (κ1) is 16.4. The van der Waals surface area contributed by atoms with E-state index in [1.807, 2.05) is 12.5 Å². The fourth-order valence-corrected chi connectivity index (χ4v) is 2.85. The van der Waals surface area contributed by atoms with Crippen LogP contribution < -0.4 is 5.32 Å². The Labute approximate surface area is 122 Å². The second kappa shape index (κ2) is 8.47. The maximum absolute atomic E-state index is 11.8. The third-order valence-electron chi connectivity index (χ3n) is 2.90. The minimum absolute atomic E-state index is 0.0235. The van der Waals surface area contributed by atoms with Crippen molar-refractivity contribution in [1.82, 2.24) is 10.2 Å². The van der Waals surface area contributed by atoms with Gasteiger partial charge in [0.25, 0.3) is 0 Å². The summed E-state index contributed by atoms with van der Waals surface area (Å²) in [6.45, 7) is 0.908. The molecule has 0 radical (unpaired) electrons. The molecule has 1 aliphatic heterocycles. The van der Waals surface area contributed by atoms with Gasteiger partial charge in [0, 0.05) is 31.7 Å². The van der Waals surface area contributed by atoms with Gasteiger partial charge in [-0.1, -0.05) is 0 Å². The molecule has 1 heterocycles. The molecule has 1 N–H and O–H groups in total. The topological polar surface area (TPSA) is 66.5 Å². The first-order valence-electron chi connectivity index (χ1n) is 6.22. The molecule has 1 saturated heterocycles. The van der Waals surface area contributed by atoms with Crippen LogP contribution in [0.5, 0.6) is 0 Å². The van der Waals surface area contributed by atoms with E-state index in [0.29, 0.717) is 32.4 Å². The van der Waals surface area contributed by atoms with E-state index in [4.69, 9.17) is 0 Å². The summed E-state index contributed by atoms with van der Waals surface area (Å²) in [4.78, 5) is 36.1. The van der Waals surface area contributed by atoms with E-state index in [-0.39, 0.29) is 23.0 Å².